The van der Waals surface area contributed by atoms with Crippen molar-refractivity contribution in [3.63, 3.8) is 0 Å². The molecule has 0 amide bonds. The molecule has 1 nitrogen and oxygen atoms in total. The van der Waals surface area contributed by atoms with E-state index in [2.05, 4.69) is 17.5 Å². The molecule has 1 aromatic rings. The van der Waals surface area contributed by atoms with Crippen LogP contribution in [0, 0.1) is 0 Å². The van der Waals surface area contributed by atoms with Gasteiger partial charge in [-0.15, -0.1) is 0 Å². The van der Waals surface area contributed by atoms with Crippen LogP contribution >= 0.6 is 24.4 Å². The van der Waals surface area contributed by atoms with E-state index in [0.717, 1.165) is 5.69 Å². The smallest absolute Gasteiger partial charge is 0.0645 e. The molecule has 0 atom stereocenters. The van der Waals surface area contributed by atoms with E-state index in [1.54, 1.807) is 6.07 Å². The van der Waals surface area contributed by atoms with E-state index in [-0.39, 0.29) is 0 Å². The molecule has 0 bridgehead atoms. The number of benzene rings is 1. The van der Waals surface area contributed by atoms with E-state index in [1.807, 2.05) is 18.2 Å². The van der Waals surface area contributed by atoms with Gasteiger partial charge in [-0.25, -0.2) is 0 Å². The second kappa shape index (κ2) is 2.99. The molecule has 0 aromatic heterocycles. The Bertz CT molecular complexity index is 202. The standard InChI is InChI=1S/C6H6ClNS/c7-5-3-1-2-4-6(5)8-9/h1-4,8-9H. The van der Waals surface area contributed by atoms with Gasteiger partial charge >= 0.3 is 0 Å². The lowest BCUT2D eigenvalue weighted by molar-refractivity contribution is 1.69. The minimum Gasteiger partial charge on any atom is -0.331 e. The van der Waals surface area contributed by atoms with Crippen molar-refractivity contribution in [1.82, 2.24) is 0 Å². The highest BCUT2D eigenvalue weighted by Gasteiger charge is 1.91. The highest BCUT2D eigenvalue weighted by Crippen LogP contribution is 2.20. The van der Waals surface area contributed by atoms with Crippen molar-refractivity contribution in [3.8, 4) is 0 Å². The number of rotatable bonds is 1. The van der Waals surface area contributed by atoms with Gasteiger partial charge in [0, 0.05) is 0 Å². The number of hydrogen-bond donors (Lipinski definition) is 2. The van der Waals surface area contributed by atoms with E-state index < -0.39 is 0 Å². The van der Waals surface area contributed by atoms with Crippen LogP contribution in [0.5, 0.6) is 0 Å². The number of nitrogens with one attached hydrogen (secondary N) is 1. The van der Waals surface area contributed by atoms with E-state index in [1.165, 1.54) is 0 Å². The van der Waals surface area contributed by atoms with Crippen LogP contribution in [0.25, 0.3) is 0 Å². The molecule has 0 fully saturated rings. The molecule has 3 heteroatoms. The lowest BCUT2D eigenvalue weighted by Crippen LogP contribution is -1.78. The molecule has 1 N–H and O–H groups in total. The summed E-state index contributed by atoms with van der Waals surface area (Å²) in [6.45, 7) is 0. The molecular formula is C6H6ClNS. The molecule has 0 spiro atoms. The van der Waals surface area contributed by atoms with Gasteiger partial charge < -0.3 is 4.72 Å². The fraction of sp³-hybridized carbons (Fsp3) is 0. The van der Waals surface area contributed by atoms with Crippen molar-refractivity contribution < 1.29 is 0 Å². The van der Waals surface area contributed by atoms with E-state index in [9.17, 15) is 0 Å². The molecule has 9 heavy (non-hydrogen) atoms. The molecule has 0 aliphatic carbocycles. The first-order valence-electron chi connectivity index (χ1n) is 2.49. The quantitative estimate of drug-likeness (QED) is 0.601. The second-order valence-corrected chi connectivity index (χ2v) is 2.22. The third-order valence-corrected chi connectivity index (χ3v) is 1.56. The third-order valence-electron chi connectivity index (χ3n) is 0.994. The van der Waals surface area contributed by atoms with Crippen molar-refractivity contribution in [3.05, 3.63) is 29.3 Å². The maximum atomic E-state index is 5.71. The van der Waals surface area contributed by atoms with Crippen LogP contribution in [0.2, 0.25) is 5.02 Å². The van der Waals surface area contributed by atoms with Gasteiger partial charge in [-0.2, -0.15) is 0 Å². The van der Waals surface area contributed by atoms with Gasteiger partial charge in [0.1, 0.15) is 0 Å². The topological polar surface area (TPSA) is 12.0 Å². The molecular weight excluding hydrogens is 154 g/mol. The zero-order chi connectivity index (χ0) is 6.69. The minimum absolute atomic E-state index is 0.688. The summed E-state index contributed by atoms with van der Waals surface area (Å²) >= 11 is 9.56. The minimum atomic E-state index is 0.688. The van der Waals surface area contributed by atoms with Gasteiger partial charge in [0.25, 0.3) is 0 Å². The molecule has 48 valence electrons. The van der Waals surface area contributed by atoms with E-state index in [0.29, 0.717) is 5.02 Å². The Hall–Kier alpha value is -0.340. The molecule has 0 unspecified atom stereocenters. The molecule has 1 aromatic carbocycles. The molecule has 0 heterocycles. The Morgan fingerprint density at radius 2 is 2.00 bits per heavy atom. The third kappa shape index (κ3) is 1.53. The fourth-order valence-corrected chi connectivity index (χ4v) is 0.996. The predicted octanol–water partition coefficient (Wildman–Crippen LogP) is 2.60. The Morgan fingerprint density at radius 3 is 2.44 bits per heavy atom. The first-order valence-corrected chi connectivity index (χ1v) is 3.32. The second-order valence-electron chi connectivity index (χ2n) is 1.59. The SMILES string of the molecule is SNc1ccccc1Cl. The molecule has 0 saturated carbocycles. The van der Waals surface area contributed by atoms with E-state index in [4.69, 9.17) is 11.6 Å². The Balaban J connectivity index is 3.01. The first-order chi connectivity index (χ1) is 4.34. The van der Waals surface area contributed by atoms with Crippen molar-refractivity contribution >= 4 is 30.1 Å². The van der Waals surface area contributed by atoms with Crippen LogP contribution < -0.4 is 4.72 Å². The van der Waals surface area contributed by atoms with Crippen LogP contribution in [-0.4, -0.2) is 0 Å². The van der Waals surface area contributed by atoms with Gasteiger partial charge in [0.2, 0.25) is 0 Å². The van der Waals surface area contributed by atoms with Gasteiger partial charge in [0.05, 0.1) is 10.7 Å². The zero-order valence-electron chi connectivity index (χ0n) is 4.63. The van der Waals surface area contributed by atoms with Crippen molar-refractivity contribution in [2.24, 2.45) is 0 Å². The number of thiol groups is 1. The van der Waals surface area contributed by atoms with Crippen LogP contribution in [0.15, 0.2) is 24.3 Å². The van der Waals surface area contributed by atoms with Crippen LogP contribution in [0.3, 0.4) is 0 Å². The predicted molar refractivity (Wildman–Crippen MR) is 44.1 cm³/mol. The summed E-state index contributed by atoms with van der Waals surface area (Å²) < 4.78 is 2.66. The summed E-state index contributed by atoms with van der Waals surface area (Å²) in [5, 5.41) is 0.688. The number of hydrogen-bond acceptors (Lipinski definition) is 2. The van der Waals surface area contributed by atoms with Crippen molar-refractivity contribution in [2.45, 2.75) is 0 Å². The maximum Gasteiger partial charge on any atom is 0.0645 e. The average molecular weight is 160 g/mol. The zero-order valence-corrected chi connectivity index (χ0v) is 6.28. The summed E-state index contributed by atoms with van der Waals surface area (Å²) in [4.78, 5) is 0. The number of halogens is 1. The molecule has 0 saturated heterocycles. The van der Waals surface area contributed by atoms with Gasteiger partial charge in [0.15, 0.2) is 0 Å². The van der Waals surface area contributed by atoms with Gasteiger partial charge in [-0.3, -0.25) is 0 Å². The van der Waals surface area contributed by atoms with E-state index >= 15 is 0 Å². The van der Waals surface area contributed by atoms with Crippen molar-refractivity contribution in [2.75, 3.05) is 4.72 Å². The number of para-hydroxylation sites is 1. The Kier molecular flexibility index (Phi) is 2.25. The highest BCUT2D eigenvalue weighted by atomic mass is 35.5. The summed E-state index contributed by atoms with van der Waals surface area (Å²) in [6.07, 6.45) is 0. The highest BCUT2D eigenvalue weighted by molar-refractivity contribution is 7.81. The van der Waals surface area contributed by atoms with Crippen LogP contribution in [0.1, 0.15) is 0 Å². The molecule has 0 radical (unpaired) electrons. The van der Waals surface area contributed by atoms with Crippen molar-refractivity contribution in [1.29, 1.82) is 0 Å². The van der Waals surface area contributed by atoms with Gasteiger partial charge in [-0.1, -0.05) is 36.5 Å². The van der Waals surface area contributed by atoms with Crippen LogP contribution in [0.4, 0.5) is 5.69 Å². The summed E-state index contributed by atoms with van der Waals surface area (Å²) in [5.41, 5.74) is 0.836. The molecule has 0 aliphatic rings. The summed E-state index contributed by atoms with van der Waals surface area (Å²) in [5.74, 6) is 0. The number of anilines is 1. The monoisotopic (exact) mass is 159 g/mol. The Labute approximate surface area is 64.6 Å². The van der Waals surface area contributed by atoms with Gasteiger partial charge in [-0.05, 0) is 12.1 Å². The largest absolute Gasteiger partial charge is 0.331 e. The summed E-state index contributed by atoms with van der Waals surface area (Å²) in [7, 11) is 0. The first kappa shape index (κ1) is 6.78. The fourth-order valence-electron chi connectivity index (χ4n) is 0.552. The summed E-state index contributed by atoms with van der Waals surface area (Å²) in [6, 6.07) is 7.43. The average Bonchev–Trinajstić information content (AvgIpc) is 1.89. The molecule has 0 aliphatic heterocycles. The lowest BCUT2D eigenvalue weighted by Gasteiger charge is -1.98. The lowest BCUT2D eigenvalue weighted by atomic mass is 10.3. The normalized spacial score (nSPS) is 9.11. The Morgan fingerprint density at radius 1 is 1.33 bits per heavy atom. The molecule has 1 rings (SSSR count). The van der Waals surface area contributed by atoms with Crippen LogP contribution in [-0.2, 0) is 0 Å². The maximum absolute atomic E-state index is 5.71.